The molecule has 0 bridgehead atoms. The Labute approximate surface area is 105 Å². The maximum absolute atomic E-state index is 5.57. The largest absolute Gasteiger partial charge is 0.490 e. The van der Waals surface area contributed by atoms with Crippen molar-refractivity contribution in [3.63, 3.8) is 0 Å². The number of halogens is 1. The maximum Gasteiger partial charge on any atom is 0.133 e. The highest BCUT2D eigenvalue weighted by molar-refractivity contribution is 9.10. The Morgan fingerprint density at radius 1 is 1.12 bits per heavy atom. The molecule has 16 heavy (non-hydrogen) atoms. The van der Waals surface area contributed by atoms with Gasteiger partial charge in [-0.15, -0.1) is 0 Å². The van der Waals surface area contributed by atoms with Gasteiger partial charge in [-0.3, -0.25) is 0 Å². The highest BCUT2D eigenvalue weighted by Crippen LogP contribution is 2.23. The Kier molecular flexibility index (Phi) is 6.45. The van der Waals surface area contributed by atoms with E-state index < -0.39 is 0 Å². The van der Waals surface area contributed by atoms with Crippen molar-refractivity contribution < 1.29 is 14.4 Å². The van der Waals surface area contributed by atoms with E-state index in [1.165, 1.54) is 4.90 Å². The smallest absolute Gasteiger partial charge is 0.133 e. The quantitative estimate of drug-likeness (QED) is 0.757. The molecule has 0 spiro atoms. The van der Waals surface area contributed by atoms with E-state index in [0.717, 1.165) is 23.4 Å². The minimum Gasteiger partial charge on any atom is -0.490 e. The van der Waals surface area contributed by atoms with Gasteiger partial charge in [0.05, 0.1) is 31.8 Å². The first-order valence-electron chi connectivity index (χ1n) is 5.44. The van der Waals surface area contributed by atoms with E-state index in [2.05, 4.69) is 30.0 Å². The minimum absolute atomic E-state index is 0.589. The van der Waals surface area contributed by atoms with Gasteiger partial charge in [0.2, 0.25) is 0 Å². The molecule has 0 aliphatic heterocycles. The van der Waals surface area contributed by atoms with E-state index in [1.807, 2.05) is 24.3 Å². The molecule has 0 saturated carbocycles. The molecule has 0 aliphatic rings. The van der Waals surface area contributed by atoms with Gasteiger partial charge in [-0.05, 0) is 28.1 Å². The lowest BCUT2D eigenvalue weighted by Gasteiger charge is -2.09. The van der Waals surface area contributed by atoms with E-state index in [9.17, 15) is 0 Å². The molecule has 0 fully saturated rings. The zero-order chi connectivity index (χ0) is 11.8. The van der Waals surface area contributed by atoms with Crippen molar-refractivity contribution >= 4 is 15.9 Å². The number of ether oxygens (including phenoxy) is 2. The van der Waals surface area contributed by atoms with Crippen LogP contribution in [0, 0.1) is 0 Å². The van der Waals surface area contributed by atoms with Gasteiger partial charge in [-0.25, -0.2) is 0 Å². The fourth-order valence-electron chi connectivity index (χ4n) is 1.15. The molecule has 3 nitrogen and oxygen atoms in total. The van der Waals surface area contributed by atoms with Crippen LogP contribution in [-0.4, -0.2) is 40.5 Å². The van der Waals surface area contributed by atoms with Crippen LogP contribution in [0.25, 0.3) is 0 Å². The summed E-state index contributed by atoms with van der Waals surface area (Å²) in [5.74, 6) is 0.865. The summed E-state index contributed by atoms with van der Waals surface area (Å²) < 4.78 is 12.0. The van der Waals surface area contributed by atoms with Gasteiger partial charge in [0.1, 0.15) is 18.9 Å². The van der Waals surface area contributed by atoms with E-state index >= 15 is 0 Å². The van der Waals surface area contributed by atoms with Crippen LogP contribution >= 0.6 is 15.9 Å². The summed E-state index contributed by atoms with van der Waals surface area (Å²) in [7, 11) is 4.22. The van der Waals surface area contributed by atoms with Crippen LogP contribution in [0.1, 0.15) is 0 Å². The molecule has 1 rings (SSSR count). The number of quaternary nitrogens is 1. The Balaban J connectivity index is 2.10. The lowest BCUT2D eigenvalue weighted by atomic mass is 10.3. The van der Waals surface area contributed by atoms with Crippen molar-refractivity contribution in [2.24, 2.45) is 0 Å². The topological polar surface area (TPSA) is 22.9 Å². The SMILES string of the molecule is C[NH+](C)CCOCCOc1ccccc1Br. The molecule has 1 aromatic rings. The van der Waals surface area contributed by atoms with Crippen molar-refractivity contribution in [1.82, 2.24) is 0 Å². The molecule has 0 unspecified atom stereocenters. The van der Waals surface area contributed by atoms with Gasteiger partial charge in [0.15, 0.2) is 0 Å². The molecule has 0 aromatic heterocycles. The normalized spacial score (nSPS) is 10.8. The number of rotatable bonds is 7. The monoisotopic (exact) mass is 288 g/mol. The zero-order valence-electron chi connectivity index (χ0n) is 9.83. The molecule has 4 heteroatoms. The average Bonchev–Trinajstić information content (AvgIpc) is 2.25. The van der Waals surface area contributed by atoms with E-state index in [1.54, 1.807) is 0 Å². The van der Waals surface area contributed by atoms with Crippen LogP contribution < -0.4 is 9.64 Å². The molecule has 0 radical (unpaired) electrons. The van der Waals surface area contributed by atoms with Crippen LogP contribution in [0.2, 0.25) is 0 Å². The summed E-state index contributed by atoms with van der Waals surface area (Å²) in [4.78, 5) is 1.40. The molecule has 0 atom stereocenters. The third kappa shape index (κ3) is 5.49. The Bertz CT molecular complexity index is 305. The number of likely N-dealkylation sites (N-methyl/N-ethyl adjacent to an activating group) is 1. The first-order chi connectivity index (χ1) is 7.70. The first kappa shape index (κ1) is 13.5. The number of benzene rings is 1. The second-order valence-electron chi connectivity index (χ2n) is 3.85. The lowest BCUT2D eigenvalue weighted by Crippen LogP contribution is -3.06. The standard InChI is InChI=1S/C12H18BrNO2/c1-14(2)7-8-15-9-10-16-12-6-4-3-5-11(12)13/h3-6H,7-10H2,1-2H3/p+1. The van der Waals surface area contributed by atoms with Gasteiger partial charge in [-0.1, -0.05) is 12.1 Å². The van der Waals surface area contributed by atoms with Crippen molar-refractivity contribution in [3.05, 3.63) is 28.7 Å². The number of para-hydroxylation sites is 1. The summed E-state index contributed by atoms with van der Waals surface area (Å²) >= 11 is 3.43. The molecular weight excluding hydrogens is 270 g/mol. The Hall–Kier alpha value is -0.580. The summed E-state index contributed by atoms with van der Waals surface area (Å²) in [6, 6.07) is 7.82. The van der Waals surface area contributed by atoms with Crippen molar-refractivity contribution in [3.8, 4) is 5.75 Å². The Morgan fingerprint density at radius 2 is 1.88 bits per heavy atom. The van der Waals surface area contributed by atoms with Crippen molar-refractivity contribution in [2.75, 3.05) is 40.5 Å². The first-order valence-corrected chi connectivity index (χ1v) is 6.23. The van der Waals surface area contributed by atoms with Crippen molar-refractivity contribution in [1.29, 1.82) is 0 Å². The molecular formula is C12H19BrNO2+. The van der Waals surface area contributed by atoms with Crippen LogP contribution in [0.3, 0.4) is 0 Å². The molecule has 0 saturated heterocycles. The highest BCUT2D eigenvalue weighted by atomic mass is 79.9. The van der Waals surface area contributed by atoms with Gasteiger partial charge in [-0.2, -0.15) is 0 Å². The van der Waals surface area contributed by atoms with Crippen LogP contribution in [0.5, 0.6) is 5.75 Å². The molecule has 90 valence electrons. The van der Waals surface area contributed by atoms with Gasteiger partial charge < -0.3 is 14.4 Å². The zero-order valence-corrected chi connectivity index (χ0v) is 11.4. The number of hydrogen-bond donors (Lipinski definition) is 1. The predicted octanol–water partition coefficient (Wildman–Crippen LogP) is 0.989. The van der Waals surface area contributed by atoms with Gasteiger partial charge in [0.25, 0.3) is 0 Å². The fourth-order valence-corrected chi connectivity index (χ4v) is 1.55. The highest BCUT2D eigenvalue weighted by Gasteiger charge is 1.99. The second kappa shape index (κ2) is 7.65. The van der Waals surface area contributed by atoms with E-state index in [-0.39, 0.29) is 0 Å². The number of hydrogen-bond acceptors (Lipinski definition) is 2. The van der Waals surface area contributed by atoms with E-state index in [4.69, 9.17) is 9.47 Å². The summed E-state index contributed by atoms with van der Waals surface area (Å²) in [6.45, 7) is 3.02. The molecule has 0 aliphatic carbocycles. The van der Waals surface area contributed by atoms with Crippen molar-refractivity contribution in [2.45, 2.75) is 0 Å². The van der Waals surface area contributed by atoms with Gasteiger partial charge in [0, 0.05) is 0 Å². The molecule has 0 amide bonds. The number of nitrogens with one attached hydrogen (secondary N) is 1. The molecule has 1 aromatic carbocycles. The third-order valence-corrected chi connectivity index (χ3v) is 2.72. The predicted molar refractivity (Wildman–Crippen MR) is 68.1 cm³/mol. The summed E-state index contributed by atoms with van der Waals surface area (Å²) in [5.41, 5.74) is 0. The minimum atomic E-state index is 0.589. The van der Waals surface area contributed by atoms with E-state index in [0.29, 0.717) is 13.2 Å². The molecule has 0 heterocycles. The lowest BCUT2D eigenvalue weighted by molar-refractivity contribution is -0.858. The maximum atomic E-state index is 5.57. The Morgan fingerprint density at radius 3 is 2.56 bits per heavy atom. The summed E-state index contributed by atoms with van der Waals surface area (Å²) in [5, 5.41) is 0. The average molecular weight is 289 g/mol. The van der Waals surface area contributed by atoms with Crippen LogP contribution in [-0.2, 0) is 4.74 Å². The fraction of sp³-hybridized carbons (Fsp3) is 0.500. The summed E-state index contributed by atoms with van der Waals surface area (Å²) in [6.07, 6.45) is 0. The van der Waals surface area contributed by atoms with Crippen LogP contribution in [0.4, 0.5) is 0 Å². The van der Waals surface area contributed by atoms with Crippen LogP contribution in [0.15, 0.2) is 28.7 Å². The van der Waals surface area contributed by atoms with Gasteiger partial charge >= 0.3 is 0 Å². The third-order valence-electron chi connectivity index (χ3n) is 2.07. The molecule has 1 N–H and O–H groups in total. The second-order valence-corrected chi connectivity index (χ2v) is 4.70.